The predicted octanol–water partition coefficient (Wildman–Crippen LogP) is 2.85. The van der Waals surface area contributed by atoms with Crippen LogP contribution in [0, 0.1) is 13.8 Å². The molecule has 0 spiro atoms. The van der Waals surface area contributed by atoms with Gasteiger partial charge in [-0.15, -0.1) is 11.3 Å². The van der Waals surface area contributed by atoms with Crippen LogP contribution in [-0.4, -0.2) is 17.2 Å². The van der Waals surface area contributed by atoms with Gasteiger partial charge in [0.2, 0.25) is 0 Å². The number of benzene rings is 1. The van der Waals surface area contributed by atoms with Crippen molar-refractivity contribution in [2.45, 2.75) is 20.0 Å². The third-order valence-electron chi connectivity index (χ3n) is 2.72. The Labute approximate surface area is 105 Å². The van der Waals surface area contributed by atoms with Crippen LogP contribution in [-0.2, 0) is 0 Å². The van der Waals surface area contributed by atoms with Crippen molar-refractivity contribution in [3.8, 4) is 5.75 Å². The Bertz CT molecular complexity index is 508. The minimum absolute atomic E-state index is 0.667. The number of hydrogen-bond donors (Lipinski definition) is 1. The lowest BCUT2D eigenvalue weighted by atomic mass is 9.98. The Morgan fingerprint density at radius 3 is 2.71 bits per heavy atom. The molecule has 3 nitrogen and oxygen atoms in total. The van der Waals surface area contributed by atoms with Gasteiger partial charge in [0.25, 0.3) is 0 Å². The maximum atomic E-state index is 10.3. The quantitative estimate of drug-likeness (QED) is 0.909. The number of nitrogens with zero attached hydrogens (tertiary/aromatic N) is 1. The number of aryl methyl sites for hydroxylation is 2. The molecule has 90 valence electrons. The Morgan fingerprint density at radius 2 is 2.12 bits per heavy atom. The van der Waals surface area contributed by atoms with Gasteiger partial charge in [0.05, 0.1) is 18.3 Å². The van der Waals surface area contributed by atoms with Gasteiger partial charge in [-0.25, -0.2) is 4.98 Å². The van der Waals surface area contributed by atoms with E-state index < -0.39 is 6.10 Å². The molecule has 1 aromatic heterocycles. The van der Waals surface area contributed by atoms with E-state index >= 15 is 0 Å². The predicted molar refractivity (Wildman–Crippen MR) is 68.6 cm³/mol. The van der Waals surface area contributed by atoms with Crippen LogP contribution in [0.15, 0.2) is 23.0 Å². The lowest BCUT2D eigenvalue weighted by Gasteiger charge is -2.16. The Kier molecular flexibility index (Phi) is 3.45. The van der Waals surface area contributed by atoms with E-state index in [2.05, 4.69) is 4.98 Å². The summed E-state index contributed by atoms with van der Waals surface area (Å²) < 4.78 is 5.34. The fourth-order valence-electron chi connectivity index (χ4n) is 1.96. The fourth-order valence-corrected chi connectivity index (χ4v) is 2.54. The van der Waals surface area contributed by atoms with Crippen LogP contribution in [0.25, 0.3) is 0 Å². The molecule has 1 N–H and O–H groups in total. The zero-order valence-electron chi connectivity index (χ0n) is 10.1. The molecule has 0 aliphatic heterocycles. The second-order valence-corrected chi connectivity index (χ2v) is 4.73. The van der Waals surface area contributed by atoms with Gasteiger partial charge in [0, 0.05) is 10.9 Å². The van der Waals surface area contributed by atoms with E-state index in [4.69, 9.17) is 4.74 Å². The van der Waals surface area contributed by atoms with Crippen LogP contribution in [0.3, 0.4) is 0 Å². The van der Waals surface area contributed by atoms with Gasteiger partial charge in [-0.2, -0.15) is 0 Å². The topological polar surface area (TPSA) is 42.4 Å². The van der Waals surface area contributed by atoms with Crippen molar-refractivity contribution in [1.29, 1.82) is 0 Å². The first-order valence-electron chi connectivity index (χ1n) is 5.34. The summed E-state index contributed by atoms with van der Waals surface area (Å²) in [5, 5.41) is 12.2. The standard InChI is InChI=1S/C13H15NO2S/c1-8-4-9(2)12(11(5-8)16-3)13(15)10-6-17-7-14-10/h4-7,13,15H,1-3H3. The molecule has 0 amide bonds. The summed E-state index contributed by atoms with van der Waals surface area (Å²) in [6, 6.07) is 3.96. The summed E-state index contributed by atoms with van der Waals surface area (Å²) in [5.74, 6) is 0.711. The summed E-state index contributed by atoms with van der Waals surface area (Å²) in [5.41, 5.74) is 5.31. The van der Waals surface area contributed by atoms with Crippen LogP contribution in [0.2, 0.25) is 0 Å². The molecule has 0 aliphatic carbocycles. The summed E-state index contributed by atoms with van der Waals surface area (Å²) in [6.45, 7) is 3.98. The van der Waals surface area contributed by atoms with Crippen LogP contribution >= 0.6 is 11.3 Å². The van der Waals surface area contributed by atoms with E-state index in [0.29, 0.717) is 11.4 Å². The molecule has 2 rings (SSSR count). The highest BCUT2D eigenvalue weighted by Gasteiger charge is 2.19. The van der Waals surface area contributed by atoms with Gasteiger partial charge < -0.3 is 9.84 Å². The largest absolute Gasteiger partial charge is 0.496 e. The van der Waals surface area contributed by atoms with Gasteiger partial charge in [0.1, 0.15) is 11.9 Å². The number of hydrogen-bond acceptors (Lipinski definition) is 4. The second kappa shape index (κ2) is 4.85. The van der Waals surface area contributed by atoms with Crippen molar-refractivity contribution < 1.29 is 9.84 Å². The van der Waals surface area contributed by atoms with Gasteiger partial charge in [-0.1, -0.05) is 6.07 Å². The Balaban J connectivity index is 2.51. The van der Waals surface area contributed by atoms with Crippen LogP contribution in [0.4, 0.5) is 0 Å². The highest BCUT2D eigenvalue weighted by molar-refractivity contribution is 7.07. The zero-order valence-corrected chi connectivity index (χ0v) is 10.9. The van der Waals surface area contributed by atoms with Crippen molar-refractivity contribution in [2.24, 2.45) is 0 Å². The van der Waals surface area contributed by atoms with E-state index in [1.165, 1.54) is 11.3 Å². The van der Waals surface area contributed by atoms with E-state index in [0.717, 1.165) is 16.7 Å². The smallest absolute Gasteiger partial charge is 0.126 e. The van der Waals surface area contributed by atoms with Gasteiger partial charge in [-0.3, -0.25) is 0 Å². The first-order chi connectivity index (χ1) is 8.13. The highest BCUT2D eigenvalue weighted by Crippen LogP contribution is 2.33. The number of aliphatic hydroxyl groups excluding tert-OH is 1. The molecule has 0 aliphatic rings. The molecular weight excluding hydrogens is 234 g/mol. The third kappa shape index (κ3) is 2.33. The average molecular weight is 249 g/mol. The number of rotatable bonds is 3. The summed E-state index contributed by atoms with van der Waals surface area (Å²) in [7, 11) is 1.62. The Hall–Kier alpha value is -1.39. The number of methoxy groups -OCH3 is 1. The zero-order chi connectivity index (χ0) is 12.4. The molecule has 17 heavy (non-hydrogen) atoms. The lowest BCUT2D eigenvalue weighted by molar-refractivity contribution is 0.210. The molecule has 1 heterocycles. The molecule has 2 aromatic rings. The van der Waals surface area contributed by atoms with Crippen LogP contribution < -0.4 is 4.74 Å². The number of ether oxygens (including phenoxy) is 1. The summed E-state index contributed by atoms with van der Waals surface area (Å²) in [6.07, 6.45) is -0.725. The number of aromatic nitrogens is 1. The maximum Gasteiger partial charge on any atom is 0.126 e. The molecule has 0 bridgehead atoms. The fraction of sp³-hybridized carbons (Fsp3) is 0.308. The average Bonchev–Trinajstić information content (AvgIpc) is 2.80. The van der Waals surface area contributed by atoms with Gasteiger partial charge in [0.15, 0.2) is 0 Å². The van der Waals surface area contributed by atoms with Gasteiger partial charge in [-0.05, 0) is 31.0 Å². The monoisotopic (exact) mass is 249 g/mol. The maximum absolute atomic E-state index is 10.3. The van der Waals surface area contributed by atoms with Crippen molar-refractivity contribution in [3.05, 3.63) is 45.4 Å². The van der Waals surface area contributed by atoms with E-state index in [1.54, 1.807) is 12.6 Å². The first-order valence-corrected chi connectivity index (χ1v) is 6.29. The van der Waals surface area contributed by atoms with Gasteiger partial charge >= 0.3 is 0 Å². The Morgan fingerprint density at radius 1 is 1.35 bits per heavy atom. The normalized spacial score (nSPS) is 12.5. The molecule has 0 saturated carbocycles. The van der Waals surface area contributed by atoms with Crippen molar-refractivity contribution in [1.82, 2.24) is 4.98 Å². The van der Waals surface area contributed by atoms with Crippen molar-refractivity contribution in [2.75, 3.05) is 7.11 Å². The minimum atomic E-state index is -0.725. The van der Waals surface area contributed by atoms with Crippen molar-refractivity contribution >= 4 is 11.3 Å². The molecule has 0 saturated heterocycles. The molecule has 1 atom stereocenters. The van der Waals surface area contributed by atoms with E-state index in [9.17, 15) is 5.11 Å². The number of aliphatic hydroxyl groups is 1. The summed E-state index contributed by atoms with van der Waals surface area (Å²) >= 11 is 1.47. The third-order valence-corrected chi connectivity index (χ3v) is 3.32. The minimum Gasteiger partial charge on any atom is -0.496 e. The molecule has 4 heteroatoms. The van der Waals surface area contributed by atoms with Crippen molar-refractivity contribution in [3.63, 3.8) is 0 Å². The molecule has 0 radical (unpaired) electrons. The van der Waals surface area contributed by atoms with Crippen LogP contribution in [0.5, 0.6) is 5.75 Å². The molecule has 1 unspecified atom stereocenters. The first kappa shape index (κ1) is 12.1. The lowest BCUT2D eigenvalue weighted by Crippen LogP contribution is -2.05. The van der Waals surface area contributed by atoms with E-state index in [1.807, 2.05) is 31.4 Å². The van der Waals surface area contributed by atoms with Crippen LogP contribution in [0.1, 0.15) is 28.5 Å². The number of thiazole rings is 1. The molecule has 1 aromatic carbocycles. The second-order valence-electron chi connectivity index (χ2n) is 4.01. The van der Waals surface area contributed by atoms with E-state index in [-0.39, 0.29) is 0 Å². The highest BCUT2D eigenvalue weighted by atomic mass is 32.1. The molecule has 0 fully saturated rings. The SMILES string of the molecule is COc1cc(C)cc(C)c1C(O)c1cscn1. The summed E-state index contributed by atoms with van der Waals surface area (Å²) in [4.78, 5) is 4.14. The molecular formula is C13H15NO2S.